The maximum absolute atomic E-state index is 12.4. The third-order valence-corrected chi connectivity index (χ3v) is 3.97. The highest BCUT2D eigenvalue weighted by Crippen LogP contribution is 2.21. The molecule has 0 radical (unpaired) electrons. The Balaban J connectivity index is 2.00. The van der Waals surface area contributed by atoms with E-state index in [-0.39, 0.29) is 11.9 Å². The molecule has 128 valence electrons. The van der Waals surface area contributed by atoms with Gasteiger partial charge in [0.25, 0.3) is 5.91 Å². The second kappa shape index (κ2) is 7.86. The Hall–Kier alpha value is -2.49. The second-order valence-corrected chi connectivity index (χ2v) is 6.03. The topological polar surface area (TPSA) is 47.6 Å². The maximum atomic E-state index is 12.4. The predicted octanol–water partition coefficient (Wildman–Crippen LogP) is 3.96. The Morgan fingerprint density at radius 2 is 1.75 bits per heavy atom. The molecular formula is C20H25NO3. The number of rotatable bonds is 6. The molecule has 0 spiro atoms. The minimum absolute atomic E-state index is 0.0746. The summed E-state index contributed by atoms with van der Waals surface area (Å²) in [5.41, 5.74) is 3.50. The van der Waals surface area contributed by atoms with E-state index in [9.17, 15) is 4.79 Å². The van der Waals surface area contributed by atoms with Gasteiger partial charge in [0.1, 0.15) is 11.5 Å². The molecule has 1 amide bonds. The van der Waals surface area contributed by atoms with Crippen molar-refractivity contribution in [1.82, 2.24) is 5.32 Å². The summed E-state index contributed by atoms with van der Waals surface area (Å²) in [4.78, 5) is 12.4. The van der Waals surface area contributed by atoms with Gasteiger partial charge in [-0.25, -0.2) is 0 Å². The van der Waals surface area contributed by atoms with Gasteiger partial charge in [-0.1, -0.05) is 29.8 Å². The average Bonchev–Trinajstić information content (AvgIpc) is 2.54. The maximum Gasteiger partial charge on any atom is 0.261 e. The van der Waals surface area contributed by atoms with Crippen molar-refractivity contribution in [2.24, 2.45) is 0 Å². The van der Waals surface area contributed by atoms with Crippen LogP contribution < -0.4 is 14.8 Å². The number of nitrogens with one attached hydrogen (secondary N) is 1. The zero-order chi connectivity index (χ0) is 17.7. The minimum atomic E-state index is -0.592. The highest BCUT2D eigenvalue weighted by molar-refractivity contribution is 5.81. The summed E-state index contributed by atoms with van der Waals surface area (Å²) in [5, 5.41) is 3.01. The van der Waals surface area contributed by atoms with Crippen LogP contribution in [0.15, 0.2) is 42.5 Å². The molecule has 0 fully saturated rings. The van der Waals surface area contributed by atoms with Crippen LogP contribution in [0.25, 0.3) is 0 Å². The number of methoxy groups -OCH3 is 1. The van der Waals surface area contributed by atoms with Crippen molar-refractivity contribution in [1.29, 1.82) is 0 Å². The first kappa shape index (κ1) is 17.9. The molecule has 0 aliphatic heterocycles. The first-order chi connectivity index (χ1) is 11.4. The molecule has 0 bridgehead atoms. The zero-order valence-corrected chi connectivity index (χ0v) is 14.9. The molecule has 2 atom stereocenters. The molecule has 0 aromatic heterocycles. The molecule has 2 aromatic carbocycles. The van der Waals surface area contributed by atoms with Crippen molar-refractivity contribution in [3.05, 3.63) is 59.2 Å². The van der Waals surface area contributed by atoms with Crippen LogP contribution in [0.3, 0.4) is 0 Å². The van der Waals surface area contributed by atoms with Gasteiger partial charge in [-0.05, 0) is 51.0 Å². The number of ether oxygens (including phenoxy) is 2. The summed E-state index contributed by atoms with van der Waals surface area (Å²) in [5.74, 6) is 1.16. The lowest BCUT2D eigenvalue weighted by Gasteiger charge is -2.20. The number of carbonyl (C=O) groups excluding carboxylic acids is 1. The van der Waals surface area contributed by atoms with E-state index in [1.807, 2.05) is 19.1 Å². The van der Waals surface area contributed by atoms with Crippen molar-refractivity contribution in [3.8, 4) is 11.5 Å². The number of carbonyl (C=O) groups is 1. The lowest BCUT2D eigenvalue weighted by molar-refractivity contribution is -0.127. The van der Waals surface area contributed by atoms with Gasteiger partial charge in [0.15, 0.2) is 6.10 Å². The number of hydrogen-bond donors (Lipinski definition) is 1. The summed E-state index contributed by atoms with van der Waals surface area (Å²) in [7, 11) is 1.60. The number of amides is 1. The lowest BCUT2D eigenvalue weighted by atomic mass is 10.0. The Labute approximate surface area is 143 Å². The van der Waals surface area contributed by atoms with E-state index < -0.39 is 6.10 Å². The van der Waals surface area contributed by atoms with Gasteiger partial charge in [-0.3, -0.25) is 4.79 Å². The lowest BCUT2D eigenvalue weighted by Crippen LogP contribution is -2.38. The van der Waals surface area contributed by atoms with Crippen molar-refractivity contribution < 1.29 is 14.3 Å². The summed E-state index contributed by atoms with van der Waals surface area (Å²) in [6, 6.07) is 13.4. The van der Waals surface area contributed by atoms with Crippen LogP contribution in [-0.4, -0.2) is 19.1 Å². The third-order valence-electron chi connectivity index (χ3n) is 3.97. The van der Waals surface area contributed by atoms with Gasteiger partial charge in [0, 0.05) is 6.07 Å². The number of benzene rings is 2. The zero-order valence-electron chi connectivity index (χ0n) is 14.9. The Bertz CT molecular complexity index is 712. The quantitative estimate of drug-likeness (QED) is 0.874. The molecule has 2 rings (SSSR count). The smallest absolute Gasteiger partial charge is 0.261 e. The molecule has 24 heavy (non-hydrogen) atoms. The molecule has 4 heteroatoms. The molecular weight excluding hydrogens is 302 g/mol. The molecule has 1 N–H and O–H groups in total. The van der Waals surface area contributed by atoms with E-state index in [2.05, 4.69) is 37.4 Å². The fraction of sp³-hybridized carbons (Fsp3) is 0.350. The summed E-state index contributed by atoms with van der Waals surface area (Å²) < 4.78 is 10.9. The van der Waals surface area contributed by atoms with Crippen molar-refractivity contribution >= 4 is 5.91 Å². The second-order valence-electron chi connectivity index (χ2n) is 6.03. The Morgan fingerprint density at radius 1 is 1.04 bits per heavy atom. The number of hydrogen-bond acceptors (Lipinski definition) is 3. The molecule has 0 unspecified atom stereocenters. The Kier molecular flexibility index (Phi) is 5.85. The van der Waals surface area contributed by atoms with Crippen LogP contribution in [0.5, 0.6) is 11.5 Å². The van der Waals surface area contributed by atoms with Gasteiger partial charge in [-0.15, -0.1) is 0 Å². The van der Waals surface area contributed by atoms with Crippen LogP contribution in [0.1, 0.15) is 36.6 Å². The van der Waals surface area contributed by atoms with E-state index in [0.717, 1.165) is 5.56 Å². The normalized spacial score (nSPS) is 13.0. The van der Waals surface area contributed by atoms with E-state index in [1.165, 1.54) is 11.1 Å². The van der Waals surface area contributed by atoms with Gasteiger partial charge >= 0.3 is 0 Å². The molecule has 0 saturated carbocycles. The molecule has 0 heterocycles. The highest BCUT2D eigenvalue weighted by Gasteiger charge is 2.18. The minimum Gasteiger partial charge on any atom is -0.497 e. The van der Waals surface area contributed by atoms with Crippen molar-refractivity contribution in [2.75, 3.05) is 7.11 Å². The van der Waals surface area contributed by atoms with E-state index in [0.29, 0.717) is 11.5 Å². The molecule has 0 aliphatic rings. The summed E-state index contributed by atoms with van der Waals surface area (Å²) in [6.45, 7) is 7.84. The molecule has 0 saturated heterocycles. The standard InChI is InChI=1S/C20H25NO3/c1-13-9-10-19(14(2)11-13)15(3)21-20(22)16(4)24-18-8-6-7-17(12-18)23-5/h6-12,15-16H,1-5H3,(H,21,22)/t15-,16-/m0/s1. The first-order valence-corrected chi connectivity index (χ1v) is 8.09. The van der Waals surface area contributed by atoms with Gasteiger partial charge in [-0.2, -0.15) is 0 Å². The average molecular weight is 327 g/mol. The van der Waals surface area contributed by atoms with E-state index in [1.54, 1.807) is 26.2 Å². The van der Waals surface area contributed by atoms with Gasteiger partial charge < -0.3 is 14.8 Å². The summed E-state index contributed by atoms with van der Waals surface area (Å²) in [6.07, 6.45) is -0.592. The van der Waals surface area contributed by atoms with Crippen LogP contribution in [0.2, 0.25) is 0 Å². The van der Waals surface area contributed by atoms with Crippen molar-refractivity contribution in [2.45, 2.75) is 39.8 Å². The van der Waals surface area contributed by atoms with Crippen LogP contribution in [-0.2, 0) is 4.79 Å². The predicted molar refractivity (Wildman–Crippen MR) is 95.6 cm³/mol. The van der Waals surface area contributed by atoms with Gasteiger partial charge in [0.05, 0.1) is 13.2 Å². The van der Waals surface area contributed by atoms with Gasteiger partial charge in [0.2, 0.25) is 0 Å². The van der Waals surface area contributed by atoms with Crippen molar-refractivity contribution in [3.63, 3.8) is 0 Å². The van der Waals surface area contributed by atoms with Crippen LogP contribution >= 0.6 is 0 Å². The first-order valence-electron chi connectivity index (χ1n) is 8.09. The fourth-order valence-corrected chi connectivity index (χ4v) is 2.65. The van der Waals surface area contributed by atoms with E-state index >= 15 is 0 Å². The highest BCUT2D eigenvalue weighted by atomic mass is 16.5. The fourth-order valence-electron chi connectivity index (χ4n) is 2.65. The largest absolute Gasteiger partial charge is 0.497 e. The number of aryl methyl sites for hydroxylation is 2. The third kappa shape index (κ3) is 4.51. The monoisotopic (exact) mass is 327 g/mol. The van der Waals surface area contributed by atoms with Crippen LogP contribution in [0.4, 0.5) is 0 Å². The van der Waals surface area contributed by atoms with Crippen LogP contribution in [0, 0.1) is 13.8 Å². The molecule has 4 nitrogen and oxygen atoms in total. The SMILES string of the molecule is COc1cccc(O[C@@H](C)C(=O)N[C@@H](C)c2ccc(C)cc2C)c1. The summed E-state index contributed by atoms with van der Waals surface area (Å²) >= 11 is 0. The molecule has 2 aromatic rings. The van der Waals surface area contributed by atoms with E-state index in [4.69, 9.17) is 9.47 Å². The Morgan fingerprint density at radius 3 is 2.42 bits per heavy atom. The molecule has 0 aliphatic carbocycles.